The molecule has 0 aliphatic heterocycles. The van der Waals surface area contributed by atoms with Gasteiger partial charge in [0.25, 0.3) is 0 Å². The maximum absolute atomic E-state index is 10.6. The fourth-order valence-corrected chi connectivity index (χ4v) is 2.98. The Morgan fingerprint density at radius 3 is 2.45 bits per heavy atom. The lowest BCUT2D eigenvalue weighted by atomic mass is 9.96. The van der Waals surface area contributed by atoms with Gasteiger partial charge in [0, 0.05) is 0 Å². The first-order chi connectivity index (χ1) is 10.5. The monoisotopic (exact) mass is 308 g/mol. The number of aliphatic hydroxyl groups excluding tert-OH is 2. The fourth-order valence-electron chi connectivity index (χ4n) is 2.98. The topological polar surface area (TPSA) is 69.9 Å². The van der Waals surface area contributed by atoms with Crippen LogP contribution in [0, 0.1) is 0 Å². The SMILES string of the molecule is CC[C@@H](O)[C@@H](O)c1cccc(OCC2(O)CCCCCC2)c1. The first-order valence-corrected chi connectivity index (χ1v) is 8.35. The molecule has 4 nitrogen and oxygen atoms in total. The Morgan fingerprint density at radius 2 is 1.82 bits per heavy atom. The molecule has 1 fully saturated rings. The highest BCUT2D eigenvalue weighted by atomic mass is 16.5. The molecule has 1 aliphatic rings. The summed E-state index contributed by atoms with van der Waals surface area (Å²) in [6.07, 6.45) is 4.82. The third kappa shape index (κ3) is 4.70. The van der Waals surface area contributed by atoms with E-state index in [0.717, 1.165) is 25.7 Å². The van der Waals surface area contributed by atoms with E-state index in [9.17, 15) is 15.3 Å². The van der Waals surface area contributed by atoms with Gasteiger partial charge in [0.15, 0.2) is 0 Å². The van der Waals surface area contributed by atoms with Crippen LogP contribution in [0.15, 0.2) is 24.3 Å². The summed E-state index contributed by atoms with van der Waals surface area (Å²) in [6.45, 7) is 2.11. The second kappa shape index (κ2) is 7.95. The first kappa shape index (κ1) is 17.3. The smallest absolute Gasteiger partial charge is 0.119 e. The Bertz CT molecular complexity index is 452. The molecular formula is C18H28O4. The number of hydrogen-bond acceptors (Lipinski definition) is 4. The standard InChI is InChI=1S/C18H28O4/c1-2-16(19)17(20)14-8-7-9-15(12-14)22-13-18(21)10-5-3-4-6-11-18/h7-9,12,16-17,19-21H,2-6,10-11,13H2,1H3/t16-,17+/m1/s1. The van der Waals surface area contributed by atoms with Gasteiger partial charge in [-0.3, -0.25) is 0 Å². The maximum Gasteiger partial charge on any atom is 0.119 e. The van der Waals surface area contributed by atoms with Crippen molar-refractivity contribution in [3.8, 4) is 5.75 Å². The Labute approximate surface area is 132 Å². The number of hydrogen-bond donors (Lipinski definition) is 3. The van der Waals surface area contributed by atoms with Crippen molar-refractivity contribution in [1.29, 1.82) is 0 Å². The molecule has 0 saturated heterocycles. The summed E-state index contributed by atoms with van der Waals surface area (Å²) in [6, 6.07) is 7.13. The van der Waals surface area contributed by atoms with E-state index < -0.39 is 17.8 Å². The van der Waals surface area contributed by atoms with Crippen molar-refractivity contribution in [3.63, 3.8) is 0 Å². The van der Waals surface area contributed by atoms with Crippen molar-refractivity contribution >= 4 is 0 Å². The fraction of sp³-hybridized carbons (Fsp3) is 0.667. The molecule has 22 heavy (non-hydrogen) atoms. The van der Waals surface area contributed by atoms with E-state index in [1.807, 2.05) is 13.0 Å². The first-order valence-electron chi connectivity index (χ1n) is 8.35. The zero-order valence-corrected chi connectivity index (χ0v) is 13.4. The minimum absolute atomic E-state index is 0.281. The Balaban J connectivity index is 1.98. The summed E-state index contributed by atoms with van der Waals surface area (Å²) in [7, 11) is 0. The van der Waals surface area contributed by atoms with E-state index in [4.69, 9.17) is 4.74 Å². The van der Waals surface area contributed by atoms with E-state index >= 15 is 0 Å². The van der Waals surface area contributed by atoms with Crippen LogP contribution in [0.1, 0.15) is 63.5 Å². The summed E-state index contributed by atoms with van der Waals surface area (Å²) in [5, 5.41) is 30.4. The van der Waals surface area contributed by atoms with Gasteiger partial charge in [-0.05, 0) is 37.0 Å². The maximum atomic E-state index is 10.6. The van der Waals surface area contributed by atoms with E-state index in [1.165, 1.54) is 12.8 Å². The van der Waals surface area contributed by atoms with Gasteiger partial charge in [0.1, 0.15) is 18.5 Å². The van der Waals surface area contributed by atoms with Crippen LogP contribution in [0.25, 0.3) is 0 Å². The quantitative estimate of drug-likeness (QED) is 0.707. The lowest BCUT2D eigenvalue weighted by molar-refractivity contribution is -0.0175. The molecule has 124 valence electrons. The third-order valence-corrected chi connectivity index (χ3v) is 4.52. The lowest BCUT2D eigenvalue weighted by Crippen LogP contribution is -2.35. The molecule has 2 rings (SSSR count). The molecule has 0 radical (unpaired) electrons. The molecular weight excluding hydrogens is 280 g/mol. The molecule has 4 heteroatoms. The average Bonchev–Trinajstić information content (AvgIpc) is 2.77. The summed E-state index contributed by atoms with van der Waals surface area (Å²) in [5.74, 6) is 0.623. The molecule has 2 atom stereocenters. The van der Waals surface area contributed by atoms with E-state index in [0.29, 0.717) is 17.7 Å². The summed E-state index contributed by atoms with van der Waals surface area (Å²) in [4.78, 5) is 0. The molecule has 1 aromatic carbocycles. The van der Waals surface area contributed by atoms with Gasteiger partial charge in [-0.25, -0.2) is 0 Å². The molecule has 0 unspecified atom stereocenters. The van der Waals surface area contributed by atoms with Crippen LogP contribution >= 0.6 is 0 Å². The van der Waals surface area contributed by atoms with Gasteiger partial charge < -0.3 is 20.1 Å². The van der Waals surface area contributed by atoms with Crippen LogP contribution < -0.4 is 4.74 Å². The van der Waals surface area contributed by atoms with Crippen molar-refractivity contribution in [3.05, 3.63) is 29.8 Å². The van der Waals surface area contributed by atoms with Crippen molar-refractivity contribution < 1.29 is 20.1 Å². The lowest BCUT2D eigenvalue weighted by Gasteiger charge is -2.26. The molecule has 0 aromatic heterocycles. The molecule has 0 heterocycles. The second-order valence-electron chi connectivity index (χ2n) is 6.42. The number of ether oxygens (including phenoxy) is 1. The van der Waals surface area contributed by atoms with Crippen LogP contribution in [0.3, 0.4) is 0 Å². The van der Waals surface area contributed by atoms with Gasteiger partial charge in [-0.15, -0.1) is 0 Å². The molecule has 0 bridgehead atoms. The highest BCUT2D eigenvalue weighted by molar-refractivity contribution is 5.30. The third-order valence-electron chi connectivity index (χ3n) is 4.52. The molecule has 3 N–H and O–H groups in total. The minimum Gasteiger partial charge on any atom is -0.491 e. The van der Waals surface area contributed by atoms with E-state index in [1.54, 1.807) is 18.2 Å². The zero-order valence-electron chi connectivity index (χ0n) is 13.4. The van der Waals surface area contributed by atoms with Crippen molar-refractivity contribution in [2.24, 2.45) is 0 Å². The van der Waals surface area contributed by atoms with Crippen LogP contribution in [0.4, 0.5) is 0 Å². The van der Waals surface area contributed by atoms with Gasteiger partial charge in [0.2, 0.25) is 0 Å². The molecule has 1 aromatic rings. The van der Waals surface area contributed by atoms with Gasteiger partial charge in [0.05, 0.1) is 11.7 Å². The predicted molar refractivity (Wildman–Crippen MR) is 85.8 cm³/mol. The number of aliphatic hydroxyl groups is 3. The van der Waals surface area contributed by atoms with Crippen LogP contribution in [0.5, 0.6) is 5.75 Å². The minimum atomic E-state index is -0.908. The van der Waals surface area contributed by atoms with Gasteiger partial charge >= 0.3 is 0 Å². The molecule has 1 aliphatic carbocycles. The molecule has 0 amide bonds. The summed E-state index contributed by atoms with van der Waals surface area (Å²) in [5.41, 5.74) is -0.103. The van der Waals surface area contributed by atoms with Crippen LogP contribution in [-0.2, 0) is 0 Å². The van der Waals surface area contributed by atoms with E-state index in [-0.39, 0.29) is 6.61 Å². The van der Waals surface area contributed by atoms with Crippen LogP contribution in [0.2, 0.25) is 0 Å². The normalized spacial score (nSPS) is 20.9. The average molecular weight is 308 g/mol. The Morgan fingerprint density at radius 1 is 1.14 bits per heavy atom. The summed E-state index contributed by atoms with van der Waals surface area (Å²) >= 11 is 0. The highest BCUT2D eigenvalue weighted by Crippen LogP contribution is 2.29. The van der Waals surface area contributed by atoms with E-state index in [2.05, 4.69) is 0 Å². The Kier molecular flexibility index (Phi) is 6.24. The summed E-state index contributed by atoms with van der Waals surface area (Å²) < 4.78 is 5.77. The van der Waals surface area contributed by atoms with Gasteiger partial charge in [-0.1, -0.05) is 44.7 Å². The van der Waals surface area contributed by atoms with Crippen molar-refractivity contribution in [2.75, 3.05) is 6.61 Å². The molecule has 0 spiro atoms. The van der Waals surface area contributed by atoms with Crippen molar-refractivity contribution in [2.45, 2.75) is 69.7 Å². The largest absolute Gasteiger partial charge is 0.491 e. The highest BCUT2D eigenvalue weighted by Gasteiger charge is 2.29. The second-order valence-corrected chi connectivity index (χ2v) is 6.42. The number of benzene rings is 1. The predicted octanol–water partition coefficient (Wildman–Crippen LogP) is 2.96. The number of rotatable bonds is 6. The molecule has 1 saturated carbocycles. The van der Waals surface area contributed by atoms with Crippen molar-refractivity contribution in [1.82, 2.24) is 0 Å². The zero-order chi connectivity index (χ0) is 16.0. The van der Waals surface area contributed by atoms with Gasteiger partial charge in [-0.2, -0.15) is 0 Å². The van der Waals surface area contributed by atoms with Crippen LogP contribution in [-0.4, -0.2) is 33.6 Å². The Hall–Kier alpha value is -1.10.